The summed E-state index contributed by atoms with van der Waals surface area (Å²) in [6.07, 6.45) is 3.00. The molecule has 1 heterocycles. The van der Waals surface area contributed by atoms with Crippen molar-refractivity contribution in [3.8, 4) is 11.3 Å². The lowest BCUT2D eigenvalue weighted by Crippen LogP contribution is -1.95. The van der Waals surface area contributed by atoms with Crippen molar-refractivity contribution in [2.45, 2.75) is 33.7 Å². The third-order valence-corrected chi connectivity index (χ3v) is 2.99. The van der Waals surface area contributed by atoms with Gasteiger partial charge in [0.25, 0.3) is 0 Å². The maximum atomic E-state index is 5.98. The first-order valence-electron chi connectivity index (χ1n) is 6.52. The molecule has 0 aliphatic carbocycles. The van der Waals surface area contributed by atoms with Gasteiger partial charge in [-0.3, -0.25) is 4.68 Å². The van der Waals surface area contributed by atoms with E-state index in [1.54, 1.807) is 0 Å². The van der Waals surface area contributed by atoms with Crippen LogP contribution in [-0.2, 0) is 13.0 Å². The lowest BCUT2D eigenvalue weighted by molar-refractivity contribution is 0.647. The van der Waals surface area contributed by atoms with Gasteiger partial charge in [0.15, 0.2) is 0 Å². The van der Waals surface area contributed by atoms with E-state index in [4.69, 9.17) is 5.73 Å². The number of rotatable bonds is 4. The number of nitrogen functional groups attached to an aromatic ring is 1. The van der Waals surface area contributed by atoms with Crippen LogP contribution in [0.15, 0.2) is 30.5 Å². The summed E-state index contributed by atoms with van der Waals surface area (Å²) >= 11 is 0. The second kappa shape index (κ2) is 5.25. The Morgan fingerprint density at radius 1 is 1.22 bits per heavy atom. The average molecular weight is 243 g/mol. The summed E-state index contributed by atoms with van der Waals surface area (Å²) in [4.78, 5) is 0. The number of aromatic nitrogens is 2. The van der Waals surface area contributed by atoms with E-state index in [1.807, 2.05) is 10.9 Å². The molecular formula is C15H21N3. The third kappa shape index (κ3) is 2.73. The number of anilines is 1. The van der Waals surface area contributed by atoms with Crippen LogP contribution in [-0.4, -0.2) is 9.78 Å². The molecule has 2 N–H and O–H groups in total. The van der Waals surface area contributed by atoms with E-state index in [9.17, 15) is 0 Å². The van der Waals surface area contributed by atoms with E-state index in [0.717, 1.165) is 29.9 Å². The molecule has 0 unspecified atom stereocenters. The number of hydrogen-bond donors (Lipinski definition) is 1. The smallest absolute Gasteiger partial charge is 0.115 e. The lowest BCUT2D eigenvalue weighted by Gasteiger charge is -2.05. The Bertz CT molecular complexity index is 509. The fourth-order valence-electron chi connectivity index (χ4n) is 2.09. The second-order valence-electron chi connectivity index (χ2n) is 5.08. The van der Waals surface area contributed by atoms with Crippen LogP contribution in [0.25, 0.3) is 11.3 Å². The van der Waals surface area contributed by atoms with Gasteiger partial charge in [-0.2, -0.15) is 5.10 Å². The molecule has 1 aromatic heterocycles. The summed E-state index contributed by atoms with van der Waals surface area (Å²) in [6.45, 7) is 7.36. The minimum absolute atomic E-state index is 0.681. The van der Waals surface area contributed by atoms with Crippen molar-refractivity contribution in [1.29, 1.82) is 0 Å². The minimum Gasteiger partial charge on any atom is -0.396 e. The quantitative estimate of drug-likeness (QED) is 0.895. The van der Waals surface area contributed by atoms with Crippen molar-refractivity contribution >= 4 is 5.69 Å². The Labute approximate surface area is 109 Å². The Hall–Kier alpha value is -1.77. The van der Waals surface area contributed by atoms with Crippen molar-refractivity contribution in [3.05, 3.63) is 36.0 Å². The molecule has 3 nitrogen and oxygen atoms in total. The van der Waals surface area contributed by atoms with Crippen molar-refractivity contribution < 1.29 is 0 Å². The monoisotopic (exact) mass is 243 g/mol. The molecule has 0 bridgehead atoms. The molecule has 0 saturated carbocycles. The Kier molecular flexibility index (Phi) is 3.70. The molecule has 1 aromatic carbocycles. The molecule has 18 heavy (non-hydrogen) atoms. The van der Waals surface area contributed by atoms with E-state index < -0.39 is 0 Å². The molecule has 0 aliphatic heterocycles. The van der Waals surface area contributed by atoms with Crippen LogP contribution in [0.1, 0.15) is 26.3 Å². The summed E-state index contributed by atoms with van der Waals surface area (Å²) < 4.78 is 1.87. The van der Waals surface area contributed by atoms with Crippen LogP contribution in [0.3, 0.4) is 0 Å². The van der Waals surface area contributed by atoms with Crippen LogP contribution in [0.4, 0.5) is 5.69 Å². The maximum absolute atomic E-state index is 5.98. The fraction of sp³-hybridized carbons (Fsp3) is 0.400. The SMILES string of the molecule is CCn1cc(N)c(-c2ccc(CC(C)C)cc2)n1. The summed E-state index contributed by atoms with van der Waals surface area (Å²) in [5.74, 6) is 0.681. The number of aryl methyl sites for hydroxylation is 1. The standard InChI is InChI=1S/C15H21N3/c1-4-18-10-14(16)15(17-18)13-7-5-12(6-8-13)9-11(2)3/h5-8,10-11H,4,9,16H2,1-3H3. The first-order chi connectivity index (χ1) is 8.60. The molecule has 96 valence electrons. The van der Waals surface area contributed by atoms with E-state index in [1.165, 1.54) is 5.56 Å². The predicted octanol–water partition coefficient (Wildman–Crippen LogP) is 3.35. The number of benzene rings is 1. The second-order valence-corrected chi connectivity index (χ2v) is 5.08. The van der Waals surface area contributed by atoms with Crippen LogP contribution < -0.4 is 5.73 Å². The number of nitrogens with zero attached hydrogens (tertiary/aromatic N) is 2. The zero-order valence-corrected chi connectivity index (χ0v) is 11.4. The van der Waals surface area contributed by atoms with Gasteiger partial charge in [0.1, 0.15) is 5.69 Å². The number of hydrogen-bond acceptors (Lipinski definition) is 2. The first-order valence-corrected chi connectivity index (χ1v) is 6.52. The van der Waals surface area contributed by atoms with Gasteiger partial charge in [0, 0.05) is 18.3 Å². The highest BCUT2D eigenvalue weighted by atomic mass is 15.3. The van der Waals surface area contributed by atoms with Gasteiger partial charge in [-0.15, -0.1) is 0 Å². The Morgan fingerprint density at radius 3 is 2.39 bits per heavy atom. The van der Waals surface area contributed by atoms with Crippen molar-refractivity contribution in [2.24, 2.45) is 5.92 Å². The highest BCUT2D eigenvalue weighted by Crippen LogP contribution is 2.24. The van der Waals surface area contributed by atoms with Crippen molar-refractivity contribution in [3.63, 3.8) is 0 Å². The minimum atomic E-state index is 0.681. The van der Waals surface area contributed by atoms with E-state index in [2.05, 4.69) is 50.1 Å². The van der Waals surface area contributed by atoms with E-state index >= 15 is 0 Å². The van der Waals surface area contributed by atoms with E-state index in [0.29, 0.717) is 5.92 Å². The van der Waals surface area contributed by atoms with Gasteiger partial charge < -0.3 is 5.73 Å². The van der Waals surface area contributed by atoms with Gasteiger partial charge in [0.05, 0.1) is 5.69 Å². The van der Waals surface area contributed by atoms with Gasteiger partial charge in [-0.05, 0) is 24.8 Å². The molecular weight excluding hydrogens is 222 g/mol. The largest absolute Gasteiger partial charge is 0.396 e. The van der Waals surface area contributed by atoms with Crippen LogP contribution in [0.5, 0.6) is 0 Å². The predicted molar refractivity (Wildman–Crippen MR) is 76.3 cm³/mol. The molecule has 2 rings (SSSR count). The molecule has 2 aromatic rings. The summed E-state index contributed by atoms with van der Waals surface area (Å²) in [6, 6.07) is 8.55. The third-order valence-electron chi connectivity index (χ3n) is 2.99. The molecule has 0 aliphatic rings. The highest BCUT2D eigenvalue weighted by molar-refractivity contribution is 5.72. The first kappa shape index (κ1) is 12.7. The molecule has 0 amide bonds. The van der Waals surface area contributed by atoms with Crippen LogP contribution in [0, 0.1) is 5.92 Å². The van der Waals surface area contributed by atoms with E-state index in [-0.39, 0.29) is 0 Å². The van der Waals surface area contributed by atoms with Crippen LogP contribution >= 0.6 is 0 Å². The fourth-order valence-corrected chi connectivity index (χ4v) is 2.09. The molecule has 0 spiro atoms. The topological polar surface area (TPSA) is 43.8 Å². The average Bonchev–Trinajstić information content (AvgIpc) is 2.71. The maximum Gasteiger partial charge on any atom is 0.115 e. The molecule has 0 saturated heterocycles. The van der Waals surface area contributed by atoms with Gasteiger partial charge in [0.2, 0.25) is 0 Å². The molecule has 0 radical (unpaired) electrons. The normalized spacial score (nSPS) is 11.1. The zero-order valence-electron chi connectivity index (χ0n) is 11.4. The lowest BCUT2D eigenvalue weighted by atomic mass is 10.0. The van der Waals surface area contributed by atoms with Gasteiger partial charge >= 0.3 is 0 Å². The van der Waals surface area contributed by atoms with Gasteiger partial charge in [-0.25, -0.2) is 0 Å². The molecule has 0 fully saturated rings. The highest BCUT2D eigenvalue weighted by Gasteiger charge is 2.08. The molecule has 3 heteroatoms. The number of nitrogens with two attached hydrogens (primary N) is 1. The van der Waals surface area contributed by atoms with Crippen LogP contribution in [0.2, 0.25) is 0 Å². The molecule has 0 atom stereocenters. The van der Waals surface area contributed by atoms with Crippen molar-refractivity contribution in [1.82, 2.24) is 9.78 Å². The van der Waals surface area contributed by atoms with Gasteiger partial charge in [-0.1, -0.05) is 38.1 Å². The summed E-state index contributed by atoms with van der Waals surface area (Å²) in [5.41, 5.74) is 10.1. The Balaban J connectivity index is 2.25. The Morgan fingerprint density at radius 2 is 1.89 bits per heavy atom. The summed E-state index contributed by atoms with van der Waals surface area (Å²) in [5, 5.41) is 4.48. The summed E-state index contributed by atoms with van der Waals surface area (Å²) in [7, 11) is 0. The van der Waals surface area contributed by atoms with Crippen molar-refractivity contribution in [2.75, 3.05) is 5.73 Å². The zero-order chi connectivity index (χ0) is 13.1.